The molecule has 4 N–H and O–H groups in total. The summed E-state index contributed by atoms with van der Waals surface area (Å²) in [5.41, 5.74) is 16.2. The molecule has 72 valence electrons. The Morgan fingerprint density at radius 1 is 1.31 bits per heavy atom. The molecule has 0 fully saturated rings. The SMILES string of the molecule is CC[C@@H](N)c1ccc(C)c(C)c1N. The van der Waals surface area contributed by atoms with Crippen molar-refractivity contribution in [2.24, 2.45) is 5.73 Å². The Labute approximate surface area is 79.9 Å². The number of aryl methyl sites for hydroxylation is 1. The van der Waals surface area contributed by atoms with E-state index in [0.717, 1.165) is 23.2 Å². The highest BCUT2D eigenvalue weighted by molar-refractivity contribution is 5.57. The van der Waals surface area contributed by atoms with Gasteiger partial charge in [0.2, 0.25) is 0 Å². The quantitative estimate of drug-likeness (QED) is 0.683. The van der Waals surface area contributed by atoms with Crippen LogP contribution in [0.4, 0.5) is 5.69 Å². The zero-order valence-corrected chi connectivity index (χ0v) is 8.59. The average Bonchev–Trinajstić information content (AvgIpc) is 2.13. The van der Waals surface area contributed by atoms with Crippen molar-refractivity contribution in [1.29, 1.82) is 0 Å². The van der Waals surface area contributed by atoms with Crippen molar-refractivity contribution in [2.75, 3.05) is 5.73 Å². The zero-order valence-electron chi connectivity index (χ0n) is 8.59. The minimum atomic E-state index is 0.0688. The Hall–Kier alpha value is -1.02. The second-order valence-electron chi connectivity index (χ2n) is 3.53. The van der Waals surface area contributed by atoms with Crippen LogP contribution in [0.3, 0.4) is 0 Å². The molecule has 2 heteroatoms. The Morgan fingerprint density at radius 2 is 1.92 bits per heavy atom. The minimum Gasteiger partial charge on any atom is -0.398 e. The second kappa shape index (κ2) is 3.79. The topological polar surface area (TPSA) is 52.0 Å². The molecule has 0 amide bonds. The minimum absolute atomic E-state index is 0.0688. The largest absolute Gasteiger partial charge is 0.398 e. The van der Waals surface area contributed by atoms with Crippen LogP contribution in [0.5, 0.6) is 0 Å². The molecule has 13 heavy (non-hydrogen) atoms. The molecule has 0 saturated carbocycles. The number of hydrogen-bond donors (Lipinski definition) is 2. The average molecular weight is 178 g/mol. The molecule has 0 aliphatic rings. The zero-order chi connectivity index (χ0) is 10.0. The van der Waals surface area contributed by atoms with Gasteiger partial charge in [-0.05, 0) is 37.0 Å². The fourth-order valence-electron chi connectivity index (χ4n) is 1.40. The van der Waals surface area contributed by atoms with E-state index in [-0.39, 0.29) is 6.04 Å². The molecule has 0 aliphatic carbocycles. The van der Waals surface area contributed by atoms with Crippen molar-refractivity contribution in [1.82, 2.24) is 0 Å². The molecular formula is C11H18N2. The Kier molecular flexibility index (Phi) is 2.94. The summed E-state index contributed by atoms with van der Waals surface area (Å²) >= 11 is 0. The standard InChI is InChI=1S/C11H18N2/c1-4-10(12)9-6-5-7(2)8(3)11(9)13/h5-6,10H,4,12-13H2,1-3H3/t10-/m1/s1. The molecule has 2 nitrogen and oxygen atoms in total. The van der Waals surface area contributed by atoms with E-state index in [1.165, 1.54) is 5.56 Å². The van der Waals surface area contributed by atoms with E-state index in [1.54, 1.807) is 0 Å². The first-order chi connectivity index (χ1) is 6.07. The van der Waals surface area contributed by atoms with Crippen molar-refractivity contribution in [3.63, 3.8) is 0 Å². The summed E-state index contributed by atoms with van der Waals surface area (Å²) in [6.45, 7) is 6.17. The molecule has 1 atom stereocenters. The maximum Gasteiger partial charge on any atom is 0.0394 e. The number of nitrogen functional groups attached to an aromatic ring is 1. The normalized spacial score (nSPS) is 12.9. The van der Waals surface area contributed by atoms with Crippen LogP contribution in [0, 0.1) is 13.8 Å². The van der Waals surface area contributed by atoms with Crippen LogP contribution in [-0.4, -0.2) is 0 Å². The van der Waals surface area contributed by atoms with Gasteiger partial charge in [-0.1, -0.05) is 19.1 Å². The van der Waals surface area contributed by atoms with E-state index in [4.69, 9.17) is 11.5 Å². The highest BCUT2D eigenvalue weighted by Gasteiger charge is 2.09. The van der Waals surface area contributed by atoms with Crippen LogP contribution < -0.4 is 11.5 Å². The van der Waals surface area contributed by atoms with Gasteiger partial charge in [-0.3, -0.25) is 0 Å². The fourth-order valence-corrected chi connectivity index (χ4v) is 1.40. The molecule has 0 aromatic heterocycles. The van der Waals surface area contributed by atoms with E-state index < -0.39 is 0 Å². The lowest BCUT2D eigenvalue weighted by atomic mass is 9.97. The fraction of sp³-hybridized carbons (Fsp3) is 0.455. The number of benzene rings is 1. The van der Waals surface area contributed by atoms with Gasteiger partial charge in [-0.25, -0.2) is 0 Å². The van der Waals surface area contributed by atoms with Gasteiger partial charge in [0.25, 0.3) is 0 Å². The van der Waals surface area contributed by atoms with E-state index in [2.05, 4.69) is 19.9 Å². The van der Waals surface area contributed by atoms with E-state index in [1.807, 2.05) is 13.0 Å². The van der Waals surface area contributed by atoms with Gasteiger partial charge in [0.15, 0.2) is 0 Å². The molecule has 0 aliphatic heterocycles. The molecule has 0 spiro atoms. The molecule has 1 rings (SSSR count). The summed E-state index contributed by atoms with van der Waals surface area (Å²) in [6, 6.07) is 4.18. The lowest BCUT2D eigenvalue weighted by Gasteiger charge is -2.15. The first kappa shape index (κ1) is 10.1. The van der Waals surface area contributed by atoms with Crippen molar-refractivity contribution < 1.29 is 0 Å². The summed E-state index contributed by atoms with van der Waals surface area (Å²) < 4.78 is 0. The summed E-state index contributed by atoms with van der Waals surface area (Å²) in [7, 11) is 0. The number of anilines is 1. The molecule has 0 unspecified atom stereocenters. The van der Waals surface area contributed by atoms with Gasteiger partial charge in [-0.15, -0.1) is 0 Å². The van der Waals surface area contributed by atoms with E-state index >= 15 is 0 Å². The van der Waals surface area contributed by atoms with Crippen molar-refractivity contribution in [3.05, 3.63) is 28.8 Å². The van der Waals surface area contributed by atoms with E-state index in [0.29, 0.717) is 0 Å². The van der Waals surface area contributed by atoms with Gasteiger partial charge in [0.05, 0.1) is 0 Å². The maximum atomic E-state index is 5.98. The van der Waals surface area contributed by atoms with Gasteiger partial charge in [0.1, 0.15) is 0 Å². The summed E-state index contributed by atoms with van der Waals surface area (Å²) in [5, 5.41) is 0. The lowest BCUT2D eigenvalue weighted by Crippen LogP contribution is -2.12. The molecular weight excluding hydrogens is 160 g/mol. The Morgan fingerprint density at radius 3 is 2.46 bits per heavy atom. The highest BCUT2D eigenvalue weighted by atomic mass is 14.7. The molecule has 0 bridgehead atoms. The van der Waals surface area contributed by atoms with Crippen LogP contribution in [-0.2, 0) is 0 Å². The first-order valence-corrected chi connectivity index (χ1v) is 4.69. The molecule has 1 aromatic rings. The van der Waals surface area contributed by atoms with Crippen LogP contribution in [0.1, 0.15) is 36.1 Å². The third-order valence-corrected chi connectivity index (χ3v) is 2.66. The van der Waals surface area contributed by atoms with Gasteiger partial charge < -0.3 is 11.5 Å². The summed E-state index contributed by atoms with van der Waals surface area (Å²) in [5.74, 6) is 0. The van der Waals surface area contributed by atoms with Crippen LogP contribution in [0.2, 0.25) is 0 Å². The monoisotopic (exact) mass is 178 g/mol. The molecule has 0 radical (unpaired) electrons. The highest BCUT2D eigenvalue weighted by Crippen LogP contribution is 2.25. The van der Waals surface area contributed by atoms with Crippen LogP contribution in [0.25, 0.3) is 0 Å². The number of hydrogen-bond acceptors (Lipinski definition) is 2. The smallest absolute Gasteiger partial charge is 0.0394 e. The Bertz CT molecular complexity index is 305. The van der Waals surface area contributed by atoms with Gasteiger partial charge >= 0.3 is 0 Å². The maximum absolute atomic E-state index is 5.98. The number of nitrogens with two attached hydrogens (primary N) is 2. The van der Waals surface area contributed by atoms with Crippen LogP contribution >= 0.6 is 0 Å². The second-order valence-corrected chi connectivity index (χ2v) is 3.53. The molecule has 1 aromatic carbocycles. The van der Waals surface area contributed by atoms with Gasteiger partial charge in [0, 0.05) is 11.7 Å². The summed E-state index contributed by atoms with van der Waals surface area (Å²) in [6.07, 6.45) is 0.923. The van der Waals surface area contributed by atoms with Crippen molar-refractivity contribution >= 4 is 5.69 Å². The van der Waals surface area contributed by atoms with Crippen molar-refractivity contribution in [3.8, 4) is 0 Å². The van der Waals surface area contributed by atoms with Crippen molar-refractivity contribution in [2.45, 2.75) is 33.2 Å². The van der Waals surface area contributed by atoms with Gasteiger partial charge in [-0.2, -0.15) is 0 Å². The molecule has 0 heterocycles. The number of rotatable bonds is 2. The molecule has 0 saturated heterocycles. The predicted octanol–water partition coefficient (Wildman–Crippen LogP) is 2.30. The third kappa shape index (κ3) is 1.83. The predicted molar refractivity (Wildman–Crippen MR) is 57.5 cm³/mol. The first-order valence-electron chi connectivity index (χ1n) is 4.69. The summed E-state index contributed by atoms with van der Waals surface area (Å²) in [4.78, 5) is 0. The lowest BCUT2D eigenvalue weighted by molar-refractivity contribution is 0.700. The van der Waals surface area contributed by atoms with Crippen LogP contribution in [0.15, 0.2) is 12.1 Å². The van der Waals surface area contributed by atoms with E-state index in [9.17, 15) is 0 Å². The third-order valence-electron chi connectivity index (χ3n) is 2.66. The Balaban J connectivity index is 3.18.